The Bertz CT molecular complexity index is 1370. The van der Waals surface area contributed by atoms with Crippen LogP contribution in [0.5, 0.6) is 5.75 Å². The molecule has 2 saturated heterocycles. The summed E-state index contributed by atoms with van der Waals surface area (Å²) in [5.74, 6) is 1.27. The molecule has 6 fully saturated rings. The lowest BCUT2D eigenvalue weighted by atomic mass is 9.43. The zero-order valence-electron chi connectivity index (χ0n) is 27.3. The minimum absolute atomic E-state index is 0.0882. The van der Waals surface area contributed by atoms with E-state index in [1.807, 2.05) is 39.8 Å². The summed E-state index contributed by atoms with van der Waals surface area (Å²) in [6, 6.07) is 3.79. The van der Waals surface area contributed by atoms with Gasteiger partial charge in [0.2, 0.25) is 5.91 Å². The summed E-state index contributed by atoms with van der Waals surface area (Å²) in [7, 11) is -0.263. The van der Waals surface area contributed by atoms with Gasteiger partial charge in [0.05, 0.1) is 24.8 Å². The molecule has 6 atom stereocenters. The van der Waals surface area contributed by atoms with Crippen molar-refractivity contribution in [3.63, 3.8) is 0 Å². The molecule has 4 saturated carbocycles. The number of ether oxygens (including phenoxy) is 2. The number of likely N-dealkylation sites (tertiary alicyclic amines) is 1. The van der Waals surface area contributed by atoms with Crippen LogP contribution in [0.25, 0.3) is 10.4 Å². The molecule has 0 aromatic heterocycles. The van der Waals surface area contributed by atoms with Gasteiger partial charge < -0.3 is 23.7 Å². The summed E-state index contributed by atoms with van der Waals surface area (Å²) in [5.41, 5.74) is 10.4. The molecule has 2 bridgehead atoms. The second kappa shape index (κ2) is 11.3. The second-order valence-electron chi connectivity index (χ2n) is 15.5. The van der Waals surface area contributed by atoms with Crippen LogP contribution in [0.4, 0.5) is 0 Å². The van der Waals surface area contributed by atoms with Crippen LogP contribution in [0.1, 0.15) is 95.1 Å². The first-order chi connectivity index (χ1) is 20.7. The molecule has 1 amide bonds. The second-order valence-corrected chi connectivity index (χ2v) is 15.5. The number of azide groups is 1. The molecule has 238 valence electrons. The predicted molar refractivity (Wildman–Crippen MR) is 166 cm³/mol. The maximum absolute atomic E-state index is 13.5. The Hall–Kier alpha value is -2.75. The molecular weight excluding hydrogens is 559 g/mol. The number of benzene rings is 1. The highest BCUT2D eigenvalue weighted by Crippen LogP contribution is 2.65. The number of aryl methyl sites for hydroxylation is 1. The molecule has 0 radical (unpaired) electrons. The van der Waals surface area contributed by atoms with E-state index in [9.17, 15) is 9.59 Å². The molecule has 2 aliphatic heterocycles. The van der Waals surface area contributed by atoms with Crippen molar-refractivity contribution in [2.75, 3.05) is 13.1 Å². The Morgan fingerprint density at radius 3 is 2.59 bits per heavy atom. The fourth-order valence-corrected chi connectivity index (χ4v) is 8.52. The number of carbonyl (C=O) groups excluding carboxylic acids is 2. The van der Waals surface area contributed by atoms with E-state index in [2.05, 4.69) is 30.8 Å². The lowest BCUT2D eigenvalue weighted by Gasteiger charge is -2.64. The van der Waals surface area contributed by atoms with Crippen molar-refractivity contribution in [1.29, 1.82) is 0 Å². The van der Waals surface area contributed by atoms with Gasteiger partial charge in [-0.2, -0.15) is 0 Å². The van der Waals surface area contributed by atoms with Gasteiger partial charge in [0.15, 0.2) is 0 Å². The van der Waals surface area contributed by atoms with Gasteiger partial charge in [0.1, 0.15) is 23.0 Å². The van der Waals surface area contributed by atoms with Gasteiger partial charge in [-0.25, -0.2) is 4.79 Å². The highest BCUT2D eigenvalue weighted by atomic mass is 16.7. The van der Waals surface area contributed by atoms with Gasteiger partial charge >= 0.3 is 13.1 Å². The number of carbonyl (C=O) groups is 2. The van der Waals surface area contributed by atoms with Crippen molar-refractivity contribution in [1.82, 2.24) is 4.90 Å². The Morgan fingerprint density at radius 2 is 1.91 bits per heavy atom. The van der Waals surface area contributed by atoms with Crippen molar-refractivity contribution in [3.05, 3.63) is 39.3 Å². The first-order valence-corrected chi connectivity index (χ1v) is 16.4. The maximum atomic E-state index is 13.5. The SMILES string of the molecule is Cc1c(CCB2O[C@@H]3C[C@@H]4C[C@@H](C4(C)C)[C@]3(C)O2)ccc(OC2CN(C(=O)[C@H]3CC[C@@H](N=[N+]=[N-])C3)C2)c1C(=O)OC(C)(C)C. The molecule has 11 heteroatoms. The zero-order chi connectivity index (χ0) is 31.6. The lowest BCUT2D eigenvalue weighted by molar-refractivity contribution is -0.199. The maximum Gasteiger partial charge on any atom is 0.457 e. The van der Waals surface area contributed by atoms with E-state index in [1.54, 1.807) is 4.90 Å². The van der Waals surface area contributed by atoms with Crippen molar-refractivity contribution in [3.8, 4) is 5.75 Å². The molecule has 4 aliphatic carbocycles. The van der Waals surface area contributed by atoms with Crippen LogP contribution in [-0.2, 0) is 25.3 Å². The monoisotopic (exact) mass is 606 g/mol. The average molecular weight is 607 g/mol. The smallest absolute Gasteiger partial charge is 0.457 e. The van der Waals surface area contributed by atoms with Crippen LogP contribution in [-0.4, -0.2) is 66.4 Å². The molecule has 0 unspecified atom stereocenters. The highest BCUT2D eigenvalue weighted by molar-refractivity contribution is 6.45. The number of rotatable bonds is 8. The van der Waals surface area contributed by atoms with E-state index < -0.39 is 11.6 Å². The molecule has 2 heterocycles. The summed E-state index contributed by atoms with van der Waals surface area (Å²) in [6.45, 7) is 15.4. The van der Waals surface area contributed by atoms with Crippen LogP contribution in [0.2, 0.25) is 6.32 Å². The summed E-state index contributed by atoms with van der Waals surface area (Å²) >= 11 is 0. The molecule has 6 aliphatic rings. The topological polar surface area (TPSA) is 123 Å². The third-order valence-corrected chi connectivity index (χ3v) is 11.2. The minimum Gasteiger partial charge on any atom is -0.486 e. The molecule has 0 N–H and O–H groups in total. The van der Waals surface area contributed by atoms with Crippen LogP contribution in [0.15, 0.2) is 17.2 Å². The predicted octanol–water partition coefficient (Wildman–Crippen LogP) is 6.29. The fourth-order valence-electron chi connectivity index (χ4n) is 8.52. The van der Waals surface area contributed by atoms with E-state index in [-0.39, 0.29) is 42.8 Å². The Balaban J connectivity index is 1.11. The molecule has 0 spiro atoms. The largest absolute Gasteiger partial charge is 0.486 e. The van der Waals surface area contributed by atoms with Gasteiger partial charge in [-0.3, -0.25) is 4.79 Å². The third-order valence-electron chi connectivity index (χ3n) is 11.2. The van der Waals surface area contributed by atoms with Crippen LogP contribution in [0, 0.1) is 30.1 Å². The fraction of sp³-hybridized carbons (Fsp3) is 0.758. The number of esters is 1. The lowest BCUT2D eigenvalue weighted by Crippen LogP contribution is -2.65. The highest BCUT2D eigenvalue weighted by Gasteiger charge is 2.67. The number of hydrogen-bond acceptors (Lipinski definition) is 7. The van der Waals surface area contributed by atoms with Crippen LogP contribution >= 0.6 is 0 Å². The molecule has 1 aromatic rings. The van der Waals surface area contributed by atoms with E-state index >= 15 is 0 Å². The van der Waals surface area contributed by atoms with Gasteiger partial charge in [-0.15, -0.1) is 0 Å². The normalized spacial score (nSPS) is 32.3. The summed E-state index contributed by atoms with van der Waals surface area (Å²) in [4.78, 5) is 31.2. The minimum atomic E-state index is -0.656. The Labute approximate surface area is 261 Å². The van der Waals surface area contributed by atoms with Crippen molar-refractivity contribution in [2.45, 2.75) is 123 Å². The number of amides is 1. The Kier molecular flexibility index (Phi) is 7.99. The molecule has 7 rings (SSSR count). The molecule has 1 aromatic carbocycles. The van der Waals surface area contributed by atoms with E-state index in [1.165, 1.54) is 6.42 Å². The van der Waals surface area contributed by atoms with E-state index in [0.29, 0.717) is 60.8 Å². The van der Waals surface area contributed by atoms with Crippen LogP contribution in [0.3, 0.4) is 0 Å². The molecular formula is C33H47BN4O6. The van der Waals surface area contributed by atoms with Gasteiger partial charge in [-0.05, 0) is 119 Å². The van der Waals surface area contributed by atoms with Gasteiger partial charge in [0, 0.05) is 16.9 Å². The number of nitrogens with zero attached hydrogens (tertiary/aromatic N) is 4. The summed E-state index contributed by atoms with van der Waals surface area (Å²) < 4.78 is 25.2. The first kappa shape index (κ1) is 31.2. The van der Waals surface area contributed by atoms with Crippen molar-refractivity contribution in [2.24, 2.45) is 28.3 Å². The third kappa shape index (κ3) is 5.60. The quantitative estimate of drug-likeness (QED) is 0.113. The van der Waals surface area contributed by atoms with Crippen molar-refractivity contribution >= 4 is 19.0 Å². The summed E-state index contributed by atoms with van der Waals surface area (Å²) in [5, 5.41) is 3.79. The number of hydrogen-bond donors (Lipinski definition) is 0. The first-order valence-electron chi connectivity index (χ1n) is 16.4. The summed E-state index contributed by atoms with van der Waals surface area (Å²) in [6.07, 6.45) is 5.72. The van der Waals surface area contributed by atoms with E-state index in [0.717, 1.165) is 30.4 Å². The standard InChI is InChI=1S/C33H47BN4O6/c1-19-20(12-13-34-43-27-16-22-15-26(32(22,5)6)33(27,7)44-34)9-11-25(28(19)30(40)42-31(2,3)4)41-24-17-38(18-24)29(39)21-8-10-23(14-21)36-37-35/h9,11,21-24,26-27H,8,10,12-18H2,1-7H3/t21-,22-,23+,26-,27+,33-/m0/s1. The molecule has 10 nitrogen and oxygen atoms in total. The zero-order valence-corrected chi connectivity index (χ0v) is 27.3. The van der Waals surface area contributed by atoms with Crippen molar-refractivity contribution < 1.29 is 28.4 Å². The van der Waals surface area contributed by atoms with Crippen LogP contribution < -0.4 is 4.74 Å². The van der Waals surface area contributed by atoms with Gasteiger partial charge in [-0.1, -0.05) is 25.0 Å². The average Bonchev–Trinajstić information content (AvgIpc) is 3.52. The Morgan fingerprint density at radius 1 is 1.16 bits per heavy atom. The van der Waals surface area contributed by atoms with E-state index in [4.69, 9.17) is 24.3 Å². The van der Waals surface area contributed by atoms with Gasteiger partial charge in [0.25, 0.3) is 0 Å². The molecule has 44 heavy (non-hydrogen) atoms.